The molecule has 0 amide bonds. The van der Waals surface area contributed by atoms with Crippen molar-refractivity contribution in [2.45, 2.75) is 32.9 Å². The van der Waals surface area contributed by atoms with E-state index in [9.17, 15) is 0 Å². The fourth-order valence-electron chi connectivity index (χ4n) is 1.98. The van der Waals surface area contributed by atoms with Crippen LogP contribution in [0, 0.1) is 13.8 Å². The lowest BCUT2D eigenvalue weighted by atomic mass is 10.1. The smallest absolute Gasteiger partial charge is 0.129 e. The third-order valence-electron chi connectivity index (χ3n) is 2.83. The summed E-state index contributed by atoms with van der Waals surface area (Å²) in [4.78, 5) is 0. The molecule has 0 aliphatic heterocycles. The Hall–Kier alpha value is -1.26. The van der Waals surface area contributed by atoms with Crippen molar-refractivity contribution in [3.63, 3.8) is 0 Å². The van der Waals surface area contributed by atoms with E-state index < -0.39 is 0 Å². The highest BCUT2D eigenvalue weighted by Gasteiger charge is 2.25. The SMILES string of the molecule is Cc1nn(C(c2ccco2)C(C)N)c(C)c1Cl. The van der Waals surface area contributed by atoms with E-state index in [0.29, 0.717) is 5.02 Å². The van der Waals surface area contributed by atoms with Crippen molar-refractivity contribution in [2.75, 3.05) is 0 Å². The Bertz CT molecular complexity index is 502. The van der Waals surface area contributed by atoms with Gasteiger partial charge in [-0.15, -0.1) is 0 Å². The number of nitrogens with zero attached hydrogens (tertiary/aromatic N) is 2. The second-order valence-electron chi connectivity index (χ2n) is 4.25. The summed E-state index contributed by atoms with van der Waals surface area (Å²) in [7, 11) is 0. The van der Waals surface area contributed by atoms with Gasteiger partial charge >= 0.3 is 0 Å². The number of nitrogens with two attached hydrogens (primary N) is 1. The van der Waals surface area contributed by atoms with Crippen LogP contribution in [0.3, 0.4) is 0 Å². The highest BCUT2D eigenvalue weighted by Crippen LogP contribution is 2.27. The van der Waals surface area contributed by atoms with Gasteiger partial charge in [-0.05, 0) is 32.9 Å². The van der Waals surface area contributed by atoms with Crippen molar-refractivity contribution in [1.82, 2.24) is 9.78 Å². The normalized spacial score (nSPS) is 14.9. The number of halogens is 1. The Morgan fingerprint density at radius 1 is 1.47 bits per heavy atom. The average molecular weight is 254 g/mol. The molecule has 0 aliphatic carbocycles. The lowest BCUT2D eigenvalue weighted by Crippen LogP contribution is -2.31. The van der Waals surface area contributed by atoms with Crippen LogP contribution in [0.2, 0.25) is 5.02 Å². The van der Waals surface area contributed by atoms with Crippen LogP contribution in [-0.4, -0.2) is 15.8 Å². The van der Waals surface area contributed by atoms with E-state index in [2.05, 4.69) is 5.10 Å². The fourth-order valence-corrected chi connectivity index (χ4v) is 2.10. The van der Waals surface area contributed by atoms with Gasteiger partial charge in [0.15, 0.2) is 0 Å². The van der Waals surface area contributed by atoms with Gasteiger partial charge < -0.3 is 10.2 Å². The number of aromatic nitrogens is 2. The molecular formula is C12H16ClN3O. The molecule has 0 saturated heterocycles. The van der Waals surface area contributed by atoms with Crippen LogP contribution in [0.4, 0.5) is 0 Å². The lowest BCUT2D eigenvalue weighted by molar-refractivity contribution is 0.363. The Balaban J connectivity index is 2.51. The maximum atomic E-state index is 6.15. The van der Waals surface area contributed by atoms with Crippen molar-refractivity contribution in [3.05, 3.63) is 40.6 Å². The Morgan fingerprint density at radius 2 is 2.18 bits per heavy atom. The lowest BCUT2D eigenvalue weighted by Gasteiger charge is -2.20. The summed E-state index contributed by atoms with van der Waals surface area (Å²) in [6.45, 7) is 5.74. The maximum absolute atomic E-state index is 6.15. The minimum Gasteiger partial charge on any atom is -0.467 e. The van der Waals surface area contributed by atoms with Crippen molar-refractivity contribution < 1.29 is 4.42 Å². The molecule has 92 valence electrons. The molecule has 17 heavy (non-hydrogen) atoms. The number of rotatable bonds is 3. The summed E-state index contributed by atoms with van der Waals surface area (Å²) in [5, 5.41) is 5.11. The standard InChI is InChI=1S/C12H16ClN3O/c1-7(14)12(10-5-4-6-17-10)16-9(3)11(13)8(2)15-16/h4-7,12H,14H2,1-3H3. The molecule has 5 heteroatoms. The first-order valence-corrected chi connectivity index (χ1v) is 5.90. The van der Waals surface area contributed by atoms with E-state index in [1.54, 1.807) is 6.26 Å². The third kappa shape index (κ3) is 2.10. The zero-order valence-electron chi connectivity index (χ0n) is 10.1. The minimum atomic E-state index is -0.129. The van der Waals surface area contributed by atoms with E-state index >= 15 is 0 Å². The van der Waals surface area contributed by atoms with Crippen molar-refractivity contribution in [1.29, 1.82) is 0 Å². The van der Waals surface area contributed by atoms with Gasteiger partial charge in [0.05, 0.1) is 22.7 Å². The number of furan rings is 1. The van der Waals surface area contributed by atoms with E-state index in [4.69, 9.17) is 21.8 Å². The first kappa shape index (κ1) is 12.2. The Labute approximate surface area is 105 Å². The van der Waals surface area contributed by atoms with Crippen molar-refractivity contribution in [2.24, 2.45) is 5.73 Å². The zero-order chi connectivity index (χ0) is 12.6. The summed E-state index contributed by atoms with van der Waals surface area (Å²) >= 11 is 6.15. The molecule has 0 bridgehead atoms. The maximum Gasteiger partial charge on any atom is 0.129 e. The van der Waals surface area contributed by atoms with Crippen LogP contribution >= 0.6 is 11.6 Å². The molecule has 0 aromatic carbocycles. The highest BCUT2D eigenvalue weighted by molar-refractivity contribution is 6.31. The van der Waals surface area contributed by atoms with Gasteiger partial charge in [0, 0.05) is 6.04 Å². The Kier molecular flexibility index (Phi) is 3.26. The van der Waals surface area contributed by atoms with Crippen molar-refractivity contribution >= 4 is 11.6 Å². The summed E-state index contributed by atoms with van der Waals surface area (Å²) < 4.78 is 7.27. The van der Waals surface area contributed by atoms with Gasteiger partial charge in [-0.25, -0.2) is 0 Å². The highest BCUT2D eigenvalue weighted by atomic mass is 35.5. The number of hydrogen-bond acceptors (Lipinski definition) is 3. The van der Waals surface area contributed by atoms with Crippen molar-refractivity contribution in [3.8, 4) is 0 Å². The van der Waals surface area contributed by atoms with E-state index in [0.717, 1.165) is 17.1 Å². The largest absolute Gasteiger partial charge is 0.467 e. The van der Waals surface area contributed by atoms with Crippen LogP contribution in [-0.2, 0) is 0 Å². The summed E-state index contributed by atoms with van der Waals surface area (Å²) in [6, 6.07) is 3.50. The second-order valence-corrected chi connectivity index (χ2v) is 4.63. The molecule has 2 aromatic rings. The van der Waals surface area contributed by atoms with E-state index in [1.165, 1.54) is 0 Å². The van der Waals surface area contributed by atoms with Gasteiger partial charge in [-0.1, -0.05) is 11.6 Å². The first-order chi connectivity index (χ1) is 8.02. The molecule has 0 radical (unpaired) electrons. The molecule has 2 heterocycles. The van der Waals surface area contributed by atoms with Crippen LogP contribution in [0.25, 0.3) is 0 Å². The van der Waals surface area contributed by atoms with Crippen LogP contribution < -0.4 is 5.73 Å². The first-order valence-electron chi connectivity index (χ1n) is 5.52. The molecule has 2 atom stereocenters. The molecule has 0 spiro atoms. The third-order valence-corrected chi connectivity index (χ3v) is 3.38. The molecule has 2 N–H and O–H groups in total. The van der Waals surface area contributed by atoms with Crippen LogP contribution in [0.1, 0.15) is 30.1 Å². The van der Waals surface area contributed by atoms with Gasteiger partial charge in [0.2, 0.25) is 0 Å². The molecule has 2 aromatic heterocycles. The quantitative estimate of drug-likeness (QED) is 0.915. The monoisotopic (exact) mass is 253 g/mol. The summed E-state index contributed by atoms with van der Waals surface area (Å²) in [5.41, 5.74) is 7.74. The summed E-state index contributed by atoms with van der Waals surface area (Å²) in [5.74, 6) is 0.794. The van der Waals surface area contributed by atoms with E-state index in [-0.39, 0.29) is 12.1 Å². The predicted octanol–water partition coefficient (Wildman–Crippen LogP) is 2.68. The molecular weight excluding hydrogens is 238 g/mol. The van der Waals surface area contributed by atoms with Gasteiger partial charge in [-0.2, -0.15) is 5.10 Å². The zero-order valence-corrected chi connectivity index (χ0v) is 10.9. The average Bonchev–Trinajstić information content (AvgIpc) is 2.85. The second kappa shape index (κ2) is 4.55. The van der Waals surface area contributed by atoms with Gasteiger partial charge in [0.1, 0.15) is 11.8 Å². The topological polar surface area (TPSA) is 57.0 Å². The van der Waals surface area contributed by atoms with E-state index in [1.807, 2.05) is 37.6 Å². The van der Waals surface area contributed by atoms with Gasteiger partial charge in [0.25, 0.3) is 0 Å². The molecule has 0 aliphatic rings. The molecule has 0 fully saturated rings. The minimum absolute atomic E-state index is 0.116. The Morgan fingerprint density at radius 3 is 2.59 bits per heavy atom. The molecule has 2 rings (SSSR count). The van der Waals surface area contributed by atoms with Gasteiger partial charge in [-0.3, -0.25) is 4.68 Å². The molecule has 4 nitrogen and oxygen atoms in total. The van der Waals surface area contributed by atoms with Crippen LogP contribution in [0.15, 0.2) is 22.8 Å². The number of hydrogen-bond donors (Lipinski definition) is 1. The number of aryl methyl sites for hydroxylation is 1. The fraction of sp³-hybridized carbons (Fsp3) is 0.417. The molecule has 2 unspecified atom stereocenters. The predicted molar refractivity (Wildman–Crippen MR) is 67.2 cm³/mol. The van der Waals surface area contributed by atoms with Crippen LogP contribution in [0.5, 0.6) is 0 Å². The molecule has 0 saturated carbocycles. The summed E-state index contributed by atoms with van der Waals surface area (Å²) in [6.07, 6.45) is 1.64.